The van der Waals surface area contributed by atoms with Gasteiger partial charge in [-0.15, -0.1) is 0 Å². The van der Waals surface area contributed by atoms with Gasteiger partial charge in [-0.05, 0) is 47.9 Å². The van der Waals surface area contributed by atoms with Gasteiger partial charge in [-0.2, -0.15) is 0 Å². The average molecular weight is 411 g/mol. The highest BCUT2D eigenvalue weighted by Crippen LogP contribution is 2.37. The maximum absolute atomic E-state index is 11.6. The summed E-state index contributed by atoms with van der Waals surface area (Å²) in [5.41, 5.74) is 4.18. The lowest BCUT2D eigenvalue weighted by Gasteiger charge is -2.26. The Hall–Kier alpha value is -2.49. The molecule has 2 rings (SSSR count). The topological polar surface area (TPSA) is 61.4 Å². The number of phenols is 1. The molecule has 2 amide bonds. The van der Waals surface area contributed by atoms with E-state index in [9.17, 15) is 9.90 Å². The van der Waals surface area contributed by atoms with Crippen LogP contribution in [0.1, 0.15) is 70.9 Å². The number of carbonyl (C=O) groups is 1. The number of hydrogen-bond acceptors (Lipinski definition) is 2. The molecule has 4 nitrogen and oxygen atoms in total. The Kier molecular flexibility index (Phi) is 9.22. The van der Waals surface area contributed by atoms with Crippen molar-refractivity contribution in [3.8, 4) is 16.9 Å². The first-order valence-corrected chi connectivity index (χ1v) is 11.3. The van der Waals surface area contributed by atoms with E-state index in [0.717, 1.165) is 23.1 Å². The summed E-state index contributed by atoms with van der Waals surface area (Å²) >= 11 is 0. The molecular formula is C26H38N2O2. The van der Waals surface area contributed by atoms with Crippen molar-refractivity contribution in [2.45, 2.75) is 71.6 Å². The molecule has 0 aliphatic rings. The number of amides is 2. The van der Waals surface area contributed by atoms with Crippen molar-refractivity contribution < 1.29 is 9.90 Å². The molecule has 0 aliphatic carbocycles. The summed E-state index contributed by atoms with van der Waals surface area (Å²) in [7, 11) is 0. The van der Waals surface area contributed by atoms with Crippen molar-refractivity contribution in [3.63, 3.8) is 0 Å². The first kappa shape index (κ1) is 23.8. The zero-order valence-electron chi connectivity index (χ0n) is 19.1. The first-order valence-electron chi connectivity index (χ1n) is 11.3. The smallest absolute Gasteiger partial charge is 0.314 e. The molecule has 0 spiro atoms. The molecule has 3 N–H and O–H groups in total. The normalized spacial score (nSPS) is 11.3. The summed E-state index contributed by atoms with van der Waals surface area (Å²) < 4.78 is 0. The van der Waals surface area contributed by atoms with Crippen LogP contribution in [0.3, 0.4) is 0 Å². The standard InChI is InChI=1S/C26H38N2O2/c1-5-7-8-11-17-26(3,4)21-14-15-23(24(29)19-21)22-13-10-9-12-20(22)16-18-28-25(30)27-6-2/h9-10,12-15,19,29H,5-8,11,16-18H2,1-4H3,(H2,27,28,30). The van der Waals surface area contributed by atoms with Crippen molar-refractivity contribution in [2.24, 2.45) is 0 Å². The fourth-order valence-electron chi connectivity index (χ4n) is 3.85. The molecule has 0 saturated heterocycles. The Morgan fingerprint density at radius 1 is 0.967 bits per heavy atom. The molecule has 0 heterocycles. The number of benzene rings is 2. The van der Waals surface area contributed by atoms with Crippen LogP contribution in [0, 0.1) is 0 Å². The van der Waals surface area contributed by atoms with Gasteiger partial charge in [-0.3, -0.25) is 0 Å². The minimum absolute atomic E-state index is 0.0415. The summed E-state index contributed by atoms with van der Waals surface area (Å²) in [5.74, 6) is 0.318. The fourth-order valence-corrected chi connectivity index (χ4v) is 3.85. The number of unbranched alkanes of at least 4 members (excludes halogenated alkanes) is 3. The van der Waals surface area contributed by atoms with Crippen LogP contribution < -0.4 is 10.6 Å². The van der Waals surface area contributed by atoms with E-state index < -0.39 is 0 Å². The molecule has 0 unspecified atom stereocenters. The van der Waals surface area contributed by atoms with Crippen LogP contribution in [0.5, 0.6) is 5.75 Å². The number of aromatic hydroxyl groups is 1. The number of carbonyl (C=O) groups excluding carboxylic acids is 1. The van der Waals surface area contributed by atoms with Crippen LogP contribution in [0.25, 0.3) is 11.1 Å². The van der Waals surface area contributed by atoms with Crippen LogP contribution in [-0.2, 0) is 11.8 Å². The first-order chi connectivity index (χ1) is 14.4. The van der Waals surface area contributed by atoms with E-state index in [2.05, 4.69) is 43.5 Å². The van der Waals surface area contributed by atoms with Crippen LogP contribution in [0.15, 0.2) is 42.5 Å². The summed E-state index contributed by atoms with van der Waals surface area (Å²) in [4.78, 5) is 11.6. The highest BCUT2D eigenvalue weighted by atomic mass is 16.3. The van der Waals surface area contributed by atoms with Crippen LogP contribution in [0.2, 0.25) is 0 Å². The van der Waals surface area contributed by atoms with E-state index in [1.807, 2.05) is 37.3 Å². The lowest BCUT2D eigenvalue weighted by Crippen LogP contribution is -2.36. The lowest BCUT2D eigenvalue weighted by molar-refractivity contribution is 0.241. The van der Waals surface area contributed by atoms with Gasteiger partial charge in [-0.25, -0.2) is 4.79 Å². The van der Waals surface area contributed by atoms with Crippen molar-refractivity contribution in [2.75, 3.05) is 13.1 Å². The van der Waals surface area contributed by atoms with Crippen LogP contribution in [0.4, 0.5) is 4.79 Å². The summed E-state index contributed by atoms with van der Waals surface area (Å²) in [6.45, 7) is 9.80. The Bertz CT molecular complexity index is 814. The molecule has 0 radical (unpaired) electrons. The van der Waals surface area contributed by atoms with E-state index in [1.165, 1.54) is 31.2 Å². The third-order valence-electron chi connectivity index (χ3n) is 5.76. The van der Waals surface area contributed by atoms with Gasteiger partial charge in [0.05, 0.1) is 0 Å². The number of nitrogens with one attached hydrogen (secondary N) is 2. The molecule has 0 aromatic heterocycles. The molecule has 0 atom stereocenters. The van der Waals surface area contributed by atoms with E-state index in [-0.39, 0.29) is 11.4 Å². The van der Waals surface area contributed by atoms with Gasteiger partial charge in [0.1, 0.15) is 5.75 Å². The zero-order chi connectivity index (χ0) is 22.0. The molecular weight excluding hydrogens is 372 g/mol. The average Bonchev–Trinajstić information content (AvgIpc) is 2.72. The lowest BCUT2D eigenvalue weighted by atomic mass is 9.79. The van der Waals surface area contributed by atoms with Gasteiger partial charge >= 0.3 is 6.03 Å². The van der Waals surface area contributed by atoms with E-state index in [1.54, 1.807) is 0 Å². The van der Waals surface area contributed by atoms with Gasteiger partial charge in [-0.1, -0.05) is 82.9 Å². The Morgan fingerprint density at radius 3 is 2.43 bits per heavy atom. The molecule has 0 aliphatic heterocycles. The summed E-state index contributed by atoms with van der Waals surface area (Å²) in [6, 6.07) is 14.0. The number of phenolic OH excluding ortho intramolecular Hbond substituents is 1. The molecule has 0 bridgehead atoms. The van der Waals surface area contributed by atoms with Gasteiger partial charge < -0.3 is 15.7 Å². The Labute approximate surface area is 182 Å². The Balaban J connectivity index is 2.14. The fraction of sp³-hybridized carbons (Fsp3) is 0.500. The molecule has 0 saturated carbocycles. The van der Waals surface area contributed by atoms with Crippen molar-refractivity contribution in [1.82, 2.24) is 10.6 Å². The third kappa shape index (κ3) is 6.79. The minimum Gasteiger partial charge on any atom is -0.507 e. The number of urea groups is 1. The molecule has 4 heteroatoms. The quantitative estimate of drug-likeness (QED) is 0.388. The Morgan fingerprint density at radius 2 is 1.73 bits per heavy atom. The maximum Gasteiger partial charge on any atom is 0.314 e. The molecule has 0 fully saturated rings. The molecule has 2 aromatic rings. The predicted octanol–water partition coefficient (Wildman–Crippen LogP) is 6.17. The largest absolute Gasteiger partial charge is 0.507 e. The molecule has 2 aromatic carbocycles. The van der Waals surface area contributed by atoms with Gasteiger partial charge in [0.15, 0.2) is 0 Å². The van der Waals surface area contributed by atoms with Gasteiger partial charge in [0, 0.05) is 18.7 Å². The van der Waals surface area contributed by atoms with Crippen molar-refractivity contribution in [3.05, 3.63) is 53.6 Å². The maximum atomic E-state index is 11.6. The second kappa shape index (κ2) is 11.6. The summed E-state index contributed by atoms with van der Waals surface area (Å²) in [5, 5.41) is 16.5. The van der Waals surface area contributed by atoms with Crippen LogP contribution >= 0.6 is 0 Å². The zero-order valence-corrected chi connectivity index (χ0v) is 19.1. The second-order valence-corrected chi connectivity index (χ2v) is 8.62. The van der Waals surface area contributed by atoms with E-state index in [4.69, 9.17) is 0 Å². The highest BCUT2D eigenvalue weighted by Gasteiger charge is 2.22. The number of rotatable bonds is 11. The van der Waals surface area contributed by atoms with E-state index >= 15 is 0 Å². The van der Waals surface area contributed by atoms with E-state index in [0.29, 0.717) is 25.3 Å². The van der Waals surface area contributed by atoms with Crippen molar-refractivity contribution in [1.29, 1.82) is 0 Å². The van der Waals surface area contributed by atoms with Gasteiger partial charge in [0.25, 0.3) is 0 Å². The number of hydrogen-bond donors (Lipinski definition) is 3. The minimum atomic E-state index is -0.150. The second-order valence-electron chi connectivity index (χ2n) is 8.62. The summed E-state index contributed by atoms with van der Waals surface area (Å²) in [6.07, 6.45) is 6.83. The molecule has 164 valence electrons. The SMILES string of the molecule is CCCCCCC(C)(C)c1ccc(-c2ccccc2CCNC(=O)NCC)c(O)c1. The predicted molar refractivity (Wildman–Crippen MR) is 126 cm³/mol. The van der Waals surface area contributed by atoms with Crippen LogP contribution in [-0.4, -0.2) is 24.2 Å². The monoisotopic (exact) mass is 410 g/mol. The third-order valence-corrected chi connectivity index (χ3v) is 5.76. The van der Waals surface area contributed by atoms with Crippen molar-refractivity contribution >= 4 is 6.03 Å². The highest BCUT2D eigenvalue weighted by molar-refractivity contribution is 5.75. The van der Waals surface area contributed by atoms with Gasteiger partial charge in [0.2, 0.25) is 0 Å². The molecule has 30 heavy (non-hydrogen) atoms.